The van der Waals surface area contributed by atoms with Crippen molar-refractivity contribution >= 4 is 44.3 Å². The number of hydrogen-bond acceptors (Lipinski definition) is 9. The molecule has 0 aromatic heterocycles. The summed E-state index contributed by atoms with van der Waals surface area (Å²) in [5.41, 5.74) is -0.689. The number of carbonyl (C=O) groups excluding carboxylic acids is 3. The number of rotatable bonds is 13. The summed E-state index contributed by atoms with van der Waals surface area (Å²) in [6.07, 6.45) is -1.25. The first-order valence-electron chi connectivity index (χ1n) is 13.5. The van der Waals surface area contributed by atoms with Gasteiger partial charge in [-0.3, -0.25) is 19.7 Å². The van der Waals surface area contributed by atoms with E-state index in [0.29, 0.717) is 0 Å². The number of fused-ring (bicyclic) bond motifs is 1. The zero-order chi connectivity index (χ0) is 31.8. The van der Waals surface area contributed by atoms with Gasteiger partial charge in [0.25, 0.3) is 5.69 Å². The van der Waals surface area contributed by atoms with Gasteiger partial charge in [0, 0.05) is 19.0 Å². The number of carbonyl (C=O) groups is 3. The Morgan fingerprint density at radius 2 is 1.63 bits per heavy atom. The van der Waals surface area contributed by atoms with Gasteiger partial charge in [0.1, 0.15) is 5.60 Å². The van der Waals surface area contributed by atoms with E-state index in [1.807, 2.05) is 42.5 Å². The summed E-state index contributed by atoms with van der Waals surface area (Å²) < 4.78 is 38.9. The first kappa shape index (κ1) is 33.1. The Kier molecular flexibility index (Phi) is 11.0. The summed E-state index contributed by atoms with van der Waals surface area (Å²) in [5.74, 6) is -2.27. The van der Waals surface area contributed by atoms with Gasteiger partial charge in [0.2, 0.25) is 10.0 Å². The molecular formula is C30H35N3O9S. The summed E-state index contributed by atoms with van der Waals surface area (Å²) in [6, 6.07) is 16.6. The van der Waals surface area contributed by atoms with Gasteiger partial charge in [-0.25, -0.2) is 17.9 Å². The Bertz CT molecular complexity index is 1600. The summed E-state index contributed by atoms with van der Waals surface area (Å²) in [5, 5.41) is 15.9. The molecule has 13 heteroatoms. The van der Waals surface area contributed by atoms with Crippen LogP contribution in [0, 0.1) is 16.0 Å². The van der Waals surface area contributed by atoms with Gasteiger partial charge in [-0.05, 0) is 56.0 Å². The minimum atomic E-state index is -4.58. The van der Waals surface area contributed by atoms with Crippen LogP contribution >= 0.6 is 0 Å². The normalized spacial score (nSPS) is 13.1. The van der Waals surface area contributed by atoms with Crippen molar-refractivity contribution in [1.82, 2.24) is 10.0 Å². The number of alkyl carbamates (subject to hydrolysis) is 1. The highest BCUT2D eigenvalue weighted by Gasteiger charge is 2.33. The molecule has 0 unspecified atom stereocenters. The minimum absolute atomic E-state index is 0.142. The number of nitro groups is 1. The van der Waals surface area contributed by atoms with Gasteiger partial charge >= 0.3 is 12.1 Å². The molecule has 1 amide bonds. The number of esters is 1. The summed E-state index contributed by atoms with van der Waals surface area (Å²) in [6.45, 7) is 4.84. The smallest absolute Gasteiger partial charge is 0.407 e. The molecule has 2 atom stereocenters. The Balaban J connectivity index is 1.86. The Morgan fingerprint density at radius 3 is 2.28 bits per heavy atom. The summed E-state index contributed by atoms with van der Waals surface area (Å²) in [7, 11) is -3.38. The number of para-hydroxylation sites is 1. The maximum absolute atomic E-state index is 13.6. The van der Waals surface area contributed by atoms with E-state index in [1.165, 1.54) is 19.2 Å². The number of ether oxygens (including phenoxy) is 2. The summed E-state index contributed by atoms with van der Waals surface area (Å²) >= 11 is 0. The monoisotopic (exact) mass is 613 g/mol. The molecule has 3 aromatic carbocycles. The van der Waals surface area contributed by atoms with E-state index < -0.39 is 67.4 Å². The van der Waals surface area contributed by atoms with Crippen LogP contribution in [0.25, 0.3) is 10.8 Å². The number of Topliss-reactive ketones (excluding diaryl/α,β-unsaturated/α-hetero) is 1. The van der Waals surface area contributed by atoms with Gasteiger partial charge in [0.05, 0.1) is 24.0 Å². The lowest BCUT2D eigenvalue weighted by Gasteiger charge is -2.22. The van der Waals surface area contributed by atoms with Crippen LogP contribution in [0.4, 0.5) is 10.5 Å². The van der Waals surface area contributed by atoms with Gasteiger partial charge in [-0.2, -0.15) is 0 Å². The molecule has 0 bridgehead atoms. The third-order valence-electron chi connectivity index (χ3n) is 6.42. The van der Waals surface area contributed by atoms with E-state index in [9.17, 15) is 32.9 Å². The quantitative estimate of drug-likeness (QED) is 0.162. The third kappa shape index (κ3) is 9.58. The molecule has 0 radical (unpaired) electrons. The van der Waals surface area contributed by atoms with E-state index in [1.54, 1.807) is 20.8 Å². The van der Waals surface area contributed by atoms with Crippen molar-refractivity contribution in [1.29, 1.82) is 0 Å². The van der Waals surface area contributed by atoms with Crippen LogP contribution in [-0.4, -0.2) is 56.5 Å². The molecule has 0 heterocycles. The van der Waals surface area contributed by atoms with Crippen LogP contribution in [0.5, 0.6) is 0 Å². The highest BCUT2D eigenvalue weighted by atomic mass is 32.2. The van der Waals surface area contributed by atoms with Crippen molar-refractivity contribution in [2.24, 2.45) is 5.92 Å². The van der Waals surface area contributed by atoms with Crippen molar-refractivity contribution < 1.29 is 37.2 Å². The summed E-state index contributed by atoms with van der Waals surface area (Å²) in [4.78, 5) is 48.5. The molecule has 0 spiro atoms. The molecule has 43 heavy (non-hydrogen) atoms. The fourth-order valence-corrected chi connectivity index (χ4v) is 5.87. The maximum atomic E-state index is 13.6. The second kappa shape index (κ2) is 14.2. The van der Waals surface area contributed by atoms with Gasteiger partial charge in [0.15, 0.2) is 10.7 Å². The van der Waals surface area contributed by atoms with E-state index in [-0.39, 0.29) is 19.4 Å². The SMILES string of the molecule is COC(=O)[C@@H](CC(=O)[C@H](CCNC(=O)OC(C)(C)C)NS(=O)(=O)c1ccccc1[N+](=O)[O-])Cc1ccc2ccccc2c1. The van der Waals surface area contributed by atoms with Crippen LogP contribution in [0.2, 0.25) is 0 Å². The predicted molar refractivity (Wildman–Crippen MR) is 159 cm³/mol. The zero-order valence-electron chi connectivity index (χ0n) is 24.4. The Hall–Kier alpha value is -4.36. The van der Waals surface area contributed by atoms with Crippen LogP contribution in [0.1, 0.15) is 39.2 Å². The largest absolute Gasteiger partial charge is 0.469 e. The molecule has 3 rings (SSSR count). The molecule has 3 aromatic rings. The van der Waals surface area contributed by atoms with Crippen molar-refractivity contribution in [2.45, 2.75) is 56.6 Å². The molecule has 0 saturated carbocycles. The lowest BCUT2D eigenvalue weighted by Crippen LogP contribution is -2.44. The molecule has 230 valence electrons. The van der Waals surface area contributed by atoms with Crippen molar-refractivity contribution in [3.63, 3.8) is 0 Å². The average molecular weight is 614 g/mol. The lowest BCUT2D eigenvalue weighted by molar-refractivity contribution is -0.387. The molecular weight excluding hydrogens is 578 g/mol. The Labute approximate surface area is 250 Å². The second-order valence-electron chi connectivity index (χ2n) is 10.9. The second-order valence-corrected chi connectivity index (χ2v) is 12.6. The maximum Gasteiger partial charge on any atom is 0.407 e. The number of nitro benzene ring substituents is 1. The number of nitrogens with one attached hydrogen (secondary N) is 2. The molecule has 2 N–H and O–H groups in total. The molecule has 0 aliphatic carbocycles. The fraction of sp³-hybridized carbons (Fsp3) is 0.367. The van der Waals surface area contributed by atoms with Crippen molar-refractivity contribution in [3.8, 4) is 0 Å². The molecule has 0 saturated heterocycles. The Morgan fingerprint density at radius 1 is 0.977 bits per heavy atom. The standard InChI is InChI=1S/C30H35N3O9S/c1-30(2,3)42-29(36)31-16-15-24(32-43(39,40)27-12-8-7-11-25(27)33(37)38)26(34)19-23(28(35)41-4)18-20-13-14-21-9-5-6-10-22(21)17-20/h5-14,17,23-24,32H,15-16,18-19H2,1-4H3,(H,31,36)/t23-,24+/m1/s1. The number of ketones is 1. The minimum Gasteiger partial charge on any atom is -0.469 e. The number of benzene rings is 3. The first-order chi connectivity index (χ1) is 20.2. The van der Waals surface area contributed by atoms with E-state index in [0.717, 1.165) is 28.5 Å². The number of sulfonamides is 1. The number of nitrogens with zero attached hydrogens (tertiary/aromatic N) is 1. The zero-order valence-corrected chi connectivity index (χ0v) is 25.2. The highest BCUT2D eigenvalue weighted by Crippen LogP contribution is 2.25. The fourth-order valence-electron chi connectivity index (χ4n) is 4.45. The van der Waals surface area contributed by atoms with Crippen molar-refractivity contribution in [2.75, 3.05) is 13.7 Å². The third-order valence-corrected chi connectivity index (χ3v) is 7.94. The predicted octanol–water partition coefficient (Wildman–Crippen LogP) is 4.30. The highest BCUT2D eigenvalue weighted by molar-refractivity contribution is 7.89. The van der Waals surface area contributed by atoms with Crippen LogP contribution in [0.3, 0.4) is 0 Å². The first-order valence-corrected chi connectivity index (χ1v) is 15.0. The van der Waals surface area contributed by atoms with Crippen LogP contribution in [-0.2, 0) is 35.5 Å². The molecule has 0 fully saturated rings. The molecule has 12 nitrogen and oxygen atoms in total. The van der Waals surface area contributed by atoms with Crippen molar-refractivity contribution in [3.05, 3.63) is 82.4 Å². The lowest BCUT2D eigenvalue weighted by atomic mass is 9.91. The van der Waals surface area contributed by atoms with Gasteiger partial charge in [-0.1, -0.05) is 54.6 Å². The van der Waals surface area contributed by atoms with E-state index >= 15 is 0 Å². The van der Waals surface area contributed by atoms with Crippen LogP contribution in [0.15, 0.2) is 71.6 Å². The average Bonchev–Trinajstić information content (AvgIpc) is 2.94. The van der Waals surface area contributed by atoms with E-state index in [2.05, 4.69) is 10.0 Å². The van der Waals surface area contributed by atoms with Crippen LogP contribution < -0.4 is 10.0 Å². The molecule has 0 aliphatic rings. The number of methoxy groups -OCH3 is 1. The van der Waals surface area contributed by atoms with Gasteiger partial charge < -0.3 is 14.8 Å². The topological polar surface area (TPSA) is 171 Å². The number of amides is 1. The molecule has 0 aliphatic heterocycles. The van der Waals surface area contributed by atoms with Gasteiger partial charge in [-0.15, -0.1) is 0 Å². The number of hydrogen-bond donors (Lipinski definition) is 2. The van der Waals surface area contributed by atoms with E-state index in [4.69, 9.17) is 9.47 Å².